The van der Waals surface area contributed by atoms with E-state index in [1.807, 2.05) is 27.5 Å². The highest BCUT2D eigenvalue weighted by Crippen LogP contribution is 2.16. The largest absolute Gasteiger partial charge is 0.333 e. The highest BCUT2D eigenvalue weighted by molar-refractivity contribution is 14.1. The Bertz CT molecular complexity index is 324. The lowest BCUT2D eigenvalue weighted by molar-refractivity contribution is 0.228. The molecule has 0 aliphatic carbocycles. The smallest absolute Gasteiger partial charge is 0.283 e. The molecule has 0 atom stereocenters. The first-order valence-electron chi connectivity index (χ1n) is 4.78. The minimum Gasteiger partial charge on any atom is -0.333 e. The fourth-order valence-corrected chi connectivity index (χ4v) is 2.33. The second-order valence-electron chi connectivity index (χ2n) is 3.51. The van der Waals surface area contributed by atoms with Gasteiger partial charge in [-0.25, -0.2) is 0 Å². The Morgan fingerprint density at radius 1 is 1.14 bits per heavy atom. The fraction of sp³-hybridized carbons (Fsp3) is 0.364. The van der Waals surface area contributed by atoms with E-state index in [9.17, 15) is 4.79 Å². The number of carbonyl (C=O) groups is 1. The molecule has 1 aromatic carbocycles. The Hall–Kier alpha value is -0.580. The Morgan fingerprint density at radius 3 is 2.07 bits per heavy atom. The molecule has 0 saturated heterocycles. The molecule has 0 fully saturated rings. The van der Waals surface area contributed by atoms with Gasteiger partial charge in [-0.1, -0.05) is 24.3 Å². The van der Waals surface area contributed by atoms with Crippen molar-refractivity contribution in [3.8, 4) is 0 Å². The monoisotopic (exact) mass is 301 g/mol. The van der Waals surface area contributed by atoms with Gasteiger partial charge in [0.05, 0.1) is 0 Å². The van der Waals surface area contributed by atoms with Crippen molar-refractivity contribution in [2.24, 2.45) is 0 Å². The van der Waals surface area contributed by atoms with Gasteiger partial charge in [-0.05, 0) is 24.0 Å². The molecule has 0 radical (unpaired) electrons. The molecule has 1 amide bonds. The third-order valence-electron chi connectivity index (χ3n) is 2.67. The van der Waals surface area contributed by atoms with Crippen LogP contribution in [0, 0.1) is 0 Å². The van der Waals surface area contributed by atoms with Crippen molar-refractivity contribution in [3.63, 3.8) is 0 Å². The average molecular weight is 301 g/mol. The van der Waals surface area contributed by atoms with Crippen LogP contribution in [0.1, 0.15) is 11.1 Å². The van der Waals surface area contributed by atoms with Crippen molar-refractivity contribution in [1.29, 1.82) is 0 Å². The molecule has 1 aliphatic rings. The van der Waals surface area contributed by atoms with Gasteiger partial charge in [0.15, 0.2) is 0 Å². The predicted octanol–water partition coefficient (Wildman–Crippen LogP) is 2.64. The molecule has 0 bridgehead atoms. The van der Waals surface area contributed by atoms with Crippen LogP contribution in [0.3, 0.4) is 0 Å². The number of halogens is 1. The summed E-state index contributed by atoms with van der Waals surface area (Å²) in [6, 6.07) is 8.47. The van der Waals surface area contributed by atoms with Crippen molar-refractivity contribution in [2.75, 3.05) is 13.1 Å². The van der Waals surface area contributed by atoms with E-state index in [4.69, 9.17) is 0 Å². The Morgan fingerprint density at radius 2 is 1.64 bits per heavy atom. The van der Waals surface area contributed by atoms with Crippen LogP contribution >= 0.6 is 22.6 Å². The summed E-state index contributed by atoms with van der Waals surface area (Å²) in [5.41, 5.74) is 2.79. The first kappa shape index (κ1) is 9.96. The van der Waals surface area contributed by atoms with Gasteiger partial charge in [-0.3, -0.25) is 4.79 Å². The summed E-state index contributed by atoms with van der Waals surface area (Å²) in [7, 11) is 0. The third-order valence-corrected chi connectivity index (χ3v) is 3.35. The molecular formula is C11H12INO. The summed E-state index contributed by atoms with van der Waals surface area (Å²) in [5, 5.41) is 0. The van der Waals surface area contributed by atoms with Gasteiger partial charge in [0.2, 0.25) is 0 Å². The standard InChI is InChI=1S/C11H12INO/c12-11(14)13-7-5-9-3-1-2-4-10(9)6-8-13/h1-4H,5-8H2. The lowest BCUT2D eigenvalue weighted by atomic mass is 10.0. The zero-order valence-corrected chi connectivity index (χ0v) is 10.0. The van der Waals surface area contributed by atoms with E-state index in [2.05, 4.69) is 24.3 Å². The molecule has 14 heavy (non-hydrogen) atoms. The second-order valence-corrected chi connectivity index (χ2v) is 4.43. The molecule has 2 rings (SSSR count). The predicted molar refractivity (Wildman–Crippen MR) is 64.8 cm³/mol. The van der Waals surface area contributed by atoms with E-state index in [0.717, 1.165) is 25.9 Å². The van der Waals surface area contributed by atoms with Crippen LogP contribution < -0.4 is 0 Å². The molecular weight excluding hydrogens is 289 g/mol. The molecule has 0 N–H and O–H groups in total. The molecule has 2 nitrogen and oxygen atoms in total. The van der Waals surface area contributed by atoms with Crippen molar-refractivity contribution in [2.45, 2.75) is 12.8 Å². The number of carbonyl (C=O) groups excluding carboxylic acids is 1. The van der Waals surface area contributed by atoms with Crippen LogP contribution in [0.5, 0.6) is 0 Å². The van der Waals surface area contributed by atoms with E-state index in [0.29, 0.717) is 0 Å². The molecule has 0 spiro atoms. The van der Waals surface area contributed by atoms with Gasteiger partial charge in [-0.15, -0.1) is 0 Å². The van der Waals surface area contributed by atoms with Crippen LogP contribution in [0.4, 0.5) is 4.79 Å². The van der Waals surface area contributed by atoms with Crippen LogP contribution in [-0.4, -0.2) is 21.9 Å². The van der Waals surface area contributed by atoms with Gasteiger partial charge in [0.1, 0.15) is 0 Å². The average Bonchev–Trinajstić information content (AvgIpc) is 2.39. The van der Waals surface area contributed by atoms with Gasteiger partial charge in [0.25, 0.3) is 3.91 Å². The number of fused-ring (bicyclic) bond motifs is 1. The summed E-state index contributed by atoms with van der Waals surface area (Å²) in [5.74, 6) is 0. The SMILES string of the molecule is O=C(I)N1CCc2ccccc2CC1. The fourth-order valence-electron chi connectivity index (χ4n) is 1.84. The maximum Gasteiger partial charge on any atom is 0.283 e. The lowest BCUT2D eigenvalue weighted by Crippen LogP contribution is -2.28. The maximum absolute atomic E-state index is 11.2. The highest BCUT2D eigenvalue weighted by Gasteiger charge is 2.15. The summed E-state index contributed by atoms with van der Waals surface area (Å²) in [6.45, 7) is 1.72. The molecule has 1 aliphatic heterocycles. The molecule has 3 heteroatoms. The number of nitrogens with zero attached hydrogens (tertiary/aromatic N) is 1. The minimum atomic E-state index is 0.162. The van der Waals surface area contributed by atoms with Crippen molar-refractivity contribution >= 4 is 26.5 Å². The third kappa shape index (κ3) is 2.08. The molecule has 0 aromatic heterocycles. The second kappa shape index (κ2) is 4.29. The van der Waals surface area contributed by atoms with Crippen LogP contribution in [-0.2, 0) is 12.8 Å². The Labute approximate surface area is 97.4 Å². The molecule has 0 saturated carbocycles. The van der Waals surface area contributed by atoms with Crippen molar-refractivity contribution < 1.29 is 4.79 Å². The van der Waals surface area contributed by atoms with Crippen molar-refractivity contribution in [1.82, 2.24) is 4.90 Å². The van der Waals surface area contributed by atoms with E-state index < -0.39 is 0 Å². The van der Waals surface area contributed by atoms with Crippen LogP contribution in [0.25, 0.3) is 0 Å². The highest BCUT2D eigenvalue weighted by atomic mass is 127. The maximum atomic E-state index is 11.2. The number of hydrogen-bond acceptors (Lipinski definition) is 1. The summed E-state index contributed by atoms with van der Waals surface area (Å²) in [4.78, 5) is 13.1. The topological polar surface area (TPSA) is 20.3 Å². The first-order valence-corrected chi connectivity index (χ1v) is 5.86. The summed E-state index contributed by atoms with van der Waals surface area (Å²) < 4.78 is 0.162. The normalized spacial score (nSPS) is 15.9. The summed E-state index contributed by atoms with van der Waals surface area (Å²) in [6.07, 6.45) is 1.98. The molecule has 1 aromatic rings. The number of benzene rings is 1. The Balaban J connectivity index is 2.18. The van der Waals surface area contributed by atoms with Crippen LogP contribution in [0.2, 0.25) is 0 Å². The van der Waals surface area contributed by atoms with Gasteiger partial charge >= 0.3 is 0 Å². The lowest BCUT2D eigenvalue weighted by Gasteiger charge is -2.16. The van der Waals surface area contributed by atoms with Gasteiger partial charge in [0, 0.05) is 35.7 Å². The zero-order valence-electron chi connectivity index (χ0n) is 7.87. The number of amides is 1. The van der Waals surface area contributed by atoms with E-state index in [1.54, 1.807) is 0 Å². The van der Waals surface area contributed by atoms with Crippen molar-refractivity contribution in [3.05, 3.63) is 35.4 Å². The van der Waals surface area contributed by atoms with Crippen LogP contribution in [0.15, 0.2) is 24.3 Å². The molecule has 74 valence electrons. The van der Waals surface area contributed by atoms with E-state index in [-0.39, 0.29) is 3.91 Å². The molecule has 1 heterocycles. The number of rotatable bonds is 0. The van der Waals surface area contributed by atoms with E-state index in [1.165, 1.54) is 11.1 Å². The van der Waals surface area contributed by atoms with Gasteiger partial charge in [-0.2, -0.15) is 0 Å². The van der Waals surface area contributed by atoms with Gasteiger partial charge < -0.3 is 4.90 Å². The quantitative estimate of drug-likeness (QED) is 0.410. The zero-order chi connectivity index (χ0) is 9.97. The van der Waals surface area contributed by atoms with E-state index >= 15 is 0 Å². The Kier molecular flexibility index (Phi) is 3.05. The molecule has 0 unspecified atom stereocenters. The summed E-state index contributed by atoms with van der Waals surface area (Å²) >= 11 is 1.87. The minimum absolute atomic E-state index is 0.162. The first-order chi connectivity index (χ1) is 6.77. The number of hydrogen-bond donors (Lipinski definition) is 0.